The molecule has 0 amide bonds. The van der Waals surface area contributed by atoms with Gasteiger partial charge in [-0.1, -0.05) is 12.1 Å². The second-order valence-corrected chi connectivity index (χ2v) is 5.51. The van der Waals surface area contributed by atoms with Gasteiger partial charge < -0.3 is 10.1 Å². The van der Waals surface area contributed by atoms with E-state index < -0.39 is 0 Å². The van der Waals surface area contributed by atoms with Crippen LogP contribution in [0.5, 0.6) is 5.75 Å². The van der Waals surface area contributed by atoms with Crippen LogP contribution in [0.25, 0.3) is 0 Å². The van der Waals surface area contributed by atoms with Crippen LogP contribution in [0.2, 0.25) is 0 Å². The molecule has 3 nitrogen and oxygen atoms in total. The van der Waals surface area contributed by atoms with Gasteiger partial charge in [-0.15, -0.1) is 12.4 Å². The van der Waals surface area contributed by atoms with Crippen molar-refractivity contribution in [3.05, 3.63) is 29.8 Å². The molecule has 4 heteroatoms. The second kappa shape index (κ2) is 6.60. The molecule has 1 N–H and O–H groups in total. The van der Waals surface area contributed by atoms with E-state index in [1.807, 2.05) is 6.07 Å². The van der Waals surface area contributed by atoms with E-state index >= 15 is 0 Å². The van der Waals surface area contributed by atoms with Gasteiger partial charge in [-0.2, -0.15) is 0 Å². The normalized spacial score (nSPS) is 26.6. The van der Waals surface area contributed by atoms with Gasteiger partial charge in [-0.05, 0) is 37.0 Å². The van der Waals surface area contributed by atoms with E-state index in [9.17, 15) is 0 Å². The average molecular weight is 283 g/mol. The van der Waals surface area contributed by atoms with E-state index in [4.69, 9.17) is 4.74 Å². The molecule has 0 saturated carbocycles. The summed E-state index contributed by atoms with van der Waals surface area (Å²) in [6.07, 6.45) is 4.01. The van der Waals surface area contributed by atoms with Gasteiger partial charge >= 0.3 is 0 Å². The highest BCUT2D eigenvalue weighted by Crippen LogP contribution is 2.22. The van der Waals surface area contributed by atoms with Crippen molar-refractivity contribution in [2.24, 2.45) is 0 Å². The van der Waals surface area contributed by atoms with Gasteiger partial charge in [-0.25, -0.2) is 0 Å². The molecular weight excluding hydrogens is 260 g/mol. The summed E-state index contributed by atoms with van der Waals surface area (Å²) in [6, 6.07) is 9.91. The van der Waals surface area contributed by atoms with Crippen LogP contribution in [0, 0.1) is 0 Å². The fraction of sp³-hybridized carbons (Fsp3) is 0.600. The Kier molecular flexibility index (Phi) is 5.08. The van der Waals surface area contributed by atoms with Gasteiger partial charge in [0.15, 0.2) is 0 Å². The number of fused-ring (bicyclic) bond motifs is 2. The zero-order valence-corrected chi connectivity index (χ0v) is 12.3. The maximum absolute atomic E-state index is 5.29. The molecule has 2 unspecified atom stereocenters. The summed E-state index contributed by atoms with van der Waals surface area (Å²) < 4.78 is 5.29. The van der Waals surface area contributed by atoms with Crippen LogP contribution in [-0.2, 0) is 6.54 Å². The van der Waals surface area contributed by atoms with Gasteiger partial charge in [0.1, 0.15) is 5.75 Å². The number of halogens is 1. The largest absolute Gasteiger partial charge is 0.497 e. The summed E-state index contributed by atoms with van der Waals surface area (Å²) in [5.74, 6) is 0.960. The van der Waals surface area contributed by atoms with Crippen molar-refractivity contribution in [2.75, 3.05) is 20.2 Å². The second-order valence-electron chi connectivity index (χ2n) is 5.51. The summed E-state index contributed by atoms with van der Waals surface area (Å²) in [5, 5.41) is 3.72. The standard InChI is InChI=1S/C15H22N2O.ClH/c1-18-15-4-2-3-12(9-15)10-17-8-7-13-5-6-14(11-17)16-13;/h2-4,9,13-14,16H,5-8,10-11H2,1H3;1H. The Balaban J connectivity index is 0.00000133. The van der Waals surface area contributed by atoms with Crippen molar-refractivity contribution in [3.8, 4) is 5.75 Å². The van der Waals surface area contributed by atoms with E-state index in [1.165, 1.54) is 37.9 Å². The van der Waals surface area contributed by atoms with E-state index in [-0.39, 0.29) is 12.4 Å². The summed E-state index contributed by atoms with van der Waals surface area (Å²) >= 11 is 0. The smallest absolute Gasteiger partial charge is 0.119 e. The van der Waals surface area contributed by atoms with Crippen LogP contribution in [-0.4, -0.2) is 37.2 Å². The minimum Gasteiger partial charge on any atom is -0.497 e. The molecule has 2 fully saturated rings. The average Bonchev–Trinajstić information content (AvgIpc) is 2.73. The molecule has 2 bridgehead atoms. The Morgan fingerprint density at radius 2 is 2.11 bits per heavy atom. The van der Waals surface area contributed by atoms with Crippen molar-refractivity contribution in [1.82, 2.24) is 10.2 Å². The minimum absolute atomic E-state index is 0. The fourth-order valence-electron chi connectivity index (χ4n) is 3.19. The number of likely N-dealkylation sites (tertiary alicyclic amines) is 1. The SMILES string of the molecule is COc1cccc(CN2CCC3CCC(C2)N3)c1.Cl. The minimum atomic E-state index is 0. The molecule has 0 aromatic heterocycles. The van der Waals surface area contributed by atoms with E-state index in [1.54, 1.807) is 7.11 Å². The van der Waals surface area contributed by atoms with E-state index in [0.29, 0.717) is 6.04 Å². The first kappa shape index (κ1) is 14.6. The number of ether oxygens (including phenoxy) is 1. The highest BCUT2D eigenvalue weighted by Gasteiger charge is 2.28. The molecule has 3 rings (SSSR count). The predicted octanol–water partition coefficient (Wildman–Crippen LogP) is 2.44. The molecule has 0 aliphatic carbocycles. The number of rotatable bonds is 3. The monoisotopic (exact) mass is 282 g/mol. The zero-order chi connectivity index (χ0) is 12.4. The van der Waals surface area contributed by atoms with Crippen LogP contribution in [0.1, 0.15) is 24.8 Å². The molecule has 2 atom stereocenters. The van der Waals surface area contributed by atoms with Crippen molar-refractivity contribution in [3.63, 3.8) is 0 Å². The zero-order valence-electron chi connectivity index (χ0n) is 11.5. The Labute approximate surface area is 121 Å². The molecule has 2 heterocycles. The fourth-order valence-corrected chi connectivity index (χ4v) is 3.19. The van der Waals surface area contributed by atoms with Gasteiger partial charge in [0.25, 0.3) is 0 Å². The maximum atomic E-state index is 5.29. The molecule has 2 aliphatic heterocycles. The van der Waals surface area contributed by atoms with Crippen molar-refractivity contribution < 1.29 is 4.74 Å². The summed E-state index contributed by atoms with van der Waals surface area (Å²) in [5.41, 5.74) is 1.35. The number of hydrogen-bond acceptors (Lipinski definition) is 3. The Morgan fingerprint density at radius 3 is 2.95 bits per heavy atom. The topological polar surface area (TPSA) is 24.5 Å². The van der Waals surface area contributed by atoms with E-state index in [0.717, 1.165) is 18.3 Å². The van der Waals surface area contributed by atoms with Gasteiger partial charge in [0.05, 0.1) is 7.11 Å². The number of benzene rings is 1. The lowest BCUT2D eigenvalue weighted by atomic mass is 10.1. The first-order valence-electron chi connectivity index (χ1n) is 6.95. The molecular formula is C15H23ClN2O. The first-order valence-corrected chi connectivity index (χ1v) is 6.95. The molecule has 0 spiro atoms. The summed E-state index contributed by atoms with van der Waals surface area (Å²) in [7, 11) is 1.73. The number of nitrogens with zero attached hydrogens (tertiary/aromatic N) is 1. The molecule has 2 saturated heterocycles. The maximum Gasteiger partial charge on any atom is 0.119 e. The number of nitrogens with one attached hydrogen (secondary N) is 1. The van der Waals surface area contributed by atoms with E-state index in [2.05, 4.69) is 28.4 Å². The molecule has 19 heavy (non-hydrogen) atoms. The molecule has 1 aromatic rings. The van der Waals surface area contributed by atoms with Crippen LogP contribution >= 0.6 is 12.4 Å². The lowest BCUT2D eigenvalue weighted by molar-refractivity contribution is 0.250. The Morgan fingerprint density at radius 1 is 1.26 bits per heavy atom. The lowest BCUT2D eigenvalue weighted by Gasteiger charge is -2.24. The van der Waals surface area contributed by atoms with Crippen molar-refractivity contribution in [2.45, 2.75) is 37.9 Å². The Bertz CT molecular complexity index is 413. The van der Waals surface area contributed by atoms with Crippen molar-refractivity contribution in [1.29, 1.82) is 0 Å². The van der Waals surface area contributed by atoms with Crippen LogP contribution in [0.15, 0.2) is 24.3 Å². The number of hydrogen-bond donors (Lipinski definition) is 1. The molecule has 2 aliphatic rings. The van der Waals surface area contributed by atoms with Crippen LogP contribution in [0.3, 0.4) is 0 Å². The third kappa shape index (κ3) is 3.62. The van der Waals surface area contributed by atoms with Gasteiger partial charge in [-0.3, -0.25) is 4.90 Å². The first-order chi connectivity index (χ1) is 8.83. The van der Waals surface area contributed by atoms with Crippen molar-refractivity contribution >= 4 is 12.4 Å². The summed E-state index contributed by atoms with van der Waals surface area (Å²) in [4.78, 5) is 2.58. The predicted molar refractivity (Wildman–Crippen MR) is 80.1 cm³/mol. The highest BCUT2D eigenvalue weighted by atomic mass is 35.5. The third-order valence-electron chi connectivity index (χ3n) is 4.15. The highest BCUT2D eigenvalue weighted by molar-refractivity contribution is 5.85. The summed E-state index contributed by atoms with van der Waals surface area (Å²) in [6.45, 7) is 3.45. The number of methoxy groups -OCH3 is 1. The van der Waals surface area contributed by atoms with Gasteiger partial charge in [0, 0.05) is 31.7 Å². The van der Waals surface area contributed by atoms with Gasteiger partial charge in [0.2, 0.25) is 0 Å². The lowest BCUT2D eigenvalue weighted by Crippen LogP contribution is -2.34. The quantitative estimate of drug-likeness (QED) is 0.922. The molecule has 0 radical (unpaired) electrons. The molecule has 1 aromatic carbocycles. The Hall–Kier alpha value is -0.770. The third-order valence-corrected chi connectivity index (χ3v) is 4.15. The van der Waals surface area contributed by atoms with Crippen LogP contribution < -0.4 is 10.1 Å². The van der Waals surface area contributed by atoms with Crippen LogP contribution in [0.4, 0.5) is 0 Å². The molecule has 106 valence electrons.